The van der Waals surface area contributed by atoms with Crippen molar-refractivity contribution in [2.75, 3.05) is 0 Å². The first-order valence-corrected chi connectivity index (χ1v) is 6.31. The molecule has 1 amide bonds. The van der Waals surface area contributed by atoms with Crippen LogP contribution in [-0.4, -0.2) is 10.9 Å². The molecule has 2 heterocycles. The number of carbonyl (C=O) groups excluding carboxylic acids is 1. The third-order valence-electron chi connectivity index (χ3n) is 2.47. The Hall–Kier alpha value is -1.62. The van der Waals surface area contributed by atoms with Crippen molar-refractivity contribution < 1.29 is 9.21 Å². The van der Waals surface area contributed by atoms with Gasteiger partial charge in [0, 0.05) is 11.3 Å². The van der Waals surface area contributed by atoms with E-state index in [9.17, 15) is 4.79 Å². The highest BCUT2D eigenvalue weighted by molar-refractivity contribution is 7.09. The van der Waals surface area contributed by atoms with Crippen LogP contribution in [-0.2, 0) is 17.8 Å². The fourth-order valence-corrected chi connectivity index (χ4v) is 2.16. The lowest BCUT2D eigenvalue weighted by molar-refractivity contribution is -0.121. The molecule has 0 bridgehead atoms. The van der Waals surface area contributed by atoms with Gasteiger partial charge < -0.3 is 9.73 Å². The minimum absolute atomic E-state index is 0.0363. The lowest BCUT2D eigenvalue weighted by Gasteiger charge is -2.02. The number of aryl methyl sites for hydroxylation is 2. The quantitative estimate of drug-likeness (QED) is 0.885. The van der Waals surface area contributed by atoms with E-state index >= 15 is 0 Å². The van der Waals surface area contributed by atoms with Gasteiger partial charge in [-0.15, -0.1) is 11.3 Å². The number of nitrogens with zero attached hydrogens (tertiary/aromatic N) is 1. The van der Waals surface area contributed by atoms with E-state index < -0.39 is 0 Å². The van der Waals surface area contributed by atoms with Crippen LogP contribution >= 0.6 is 11.3 Å². The largest absolute Gasteiger partial charge is 0.446 e. The van der Waals surface area contributed by atoms with Crippen molar-refractivity contribution in [3.8, 4) is 0 Å². The maximum absolute atomic E-state index is 11.6. The molecule has 0 aliphatic rings. The lowest BCUT2D eigenvalue weighted by atomic mass is 10.2. The number of aromatic nitrogens is 1. The first-order valence-electron chi connectivity index (χ1n) is 5.44. The first kappa shape index (κ1) is 11.9. The number of nitrogens with one attached hydrogen (secondary N) is 1. The Bertz CT molecular complexity index is 476. The molecule has 0 fully saturated rings. The van der Waals surface area contributed by atoms with E-state index in [0.717, 1.165) is 17.9 Å². The van der Waals surface area contributed by atoms with Crippen LogP contribution in [0.2, 0.25) is 0 Å². The predicted octanol–water partition coefficient (Wildman–Crippen LogP) is 2.29. The van der Waals surface area contributed by atoms with Crippen LogP contribution < -0.4 is 5.32 Å². The fraction of sp³-hybridized carbons (Fsp3) is 0.333. The standard InChI is InChI=1S/C12H14N2O2S/c1-9-11(16-8-14-9)7-13-12(15)5-4-10-3-2-6-17-10/h2-3,6,8H,4-5,7H2,1H3,(H,13,15). The van der Waals surface area contributed by atoms with Crippen LogP contribution in [0.5, 0.6) is 0 Å². The molecular weight excluding hydrogens is 236 g/mol. The van der Waals surface area contributed by atoms with Crippen molar-refractivity contribution in [2.45, 2.75) is 26.3 Å². The summed E-state index contributed by atoms with van der Waals surface area (Å²) in [5, 5.41) is 4.84. The molecule has 1 N–H and O–H groups in total. The van der Waals surface area contributed by atoms with Crippen LogP contribution in [0.15, 0.2) is 28.3 Å². The molecule has 0 saturated heterocycles. The van der Waals surface area contributed by atoms with Gasteiger partial charge in [0.1, 0.15) is 5.76 Å². The summed E-state index contributed by atoms with van der Waals surface area (Å²) in [6.07, 6.45) is 2.69. The minimum Gasteiger partial charge on any atom is -0.446 e. The van der Waals surface area contributed by atoms with Crippen LogP contribution in [0.4, 0.5) is 0 Å². The summed E-state index contributed by atoms with van der Waals surface area (Å²) in [4.78, 5) is 16.8. The maximum Gasteiger partial charge on any atom is 0.220 e. The van der Waals surface area contributed by atoms with Crippen molar-refractivity contribution in [1.29, 1.82) is 0 Å². The van der Waals surface area contributed by atoms with Gasteiger partial charge in [-0.3, -0.25) is 4.79 Å². The monoisotopic (exact) mass is 250 g/mol. The van der Waals surface area contributed by atoms with Crippen LogP contribution in [0.25, 0.3) is 0 Å². The van der Waals surface area contributed by atoms with Gasteiger partial charge in [-0.1, -0.05) is 6.07 Å². The summed E-state index contributed by atoms with van der Waals surface area (Å²) in [6, 6.07) is 4.04. The van der Waals surface area contributed by atoms with E-state index in [1.165, 1.54) is 11.3 Å². The topological polar surface area (TPSA) is 55.1 Å². The van der Waals surface area contributed by atoms with Gasteiger partial charge in [-0.05, 0) is 24.8 Å². The van der Waals surface area contributed by atoms with E-state index in [4.69, 9.17) is 4.42 Å². The Morgan fingerprint density at radius 3 is 3.12 bits per heavy atom. The molecule has 17 heavy (non-hydrogen) atoms. The van der Waals surface area contributed by atoms with E-state index in [2.05, 4.69) is 10.3 Å². The lowest BCUT2D eigenvalue weighted by Crippen LogP contribution is -2.23. The van der Waals surface area contributed by atoms with Gasteiger partial charge in [0.05, 0.1) is 12.2 Å². The van der Waals surface area contributed by atoms with Gasteiger partial charge in [-0.25, -0.2) is 4.98 Å². The van der Waals surface area contributed by atoms with Crippen LogP contribution in [0, 0.1) is 6.92 Å². The molecule has 0 atom stereocenters. The Balaban J connectivity index is 1.73. The maximum atomic E-state index is 11.6. The number of thiophene rings is 1. The number of hydrogen-bond acceptors (Lipinski definition) is 4. The van der Waals surface area contributed by atoms with Crippen molar-refractivity contribution >= 4 is 17.2 Å². The Labute approximate surface area is 104 Å². The molecule has 4 nitrogen and oxygen atoms in total. The van der Waals surface area contributed by atoms with Crippen molar-refractivity contribution in [1.82, 2.24) is 10.3 Å². The summed E-state index contributed by atoms with van der Waals surface area (Å²) >= 11 is 1.67. The number of oxazole rings is 1. The van der Waals surface area contributed by atoms with Crippen molar-refractivity contribution in [3.63, 3.8) is 0 Å². The summed E-state index contributed by atoms with van der Waals surface area (Å²) in [7, 11) is 0. The van der Waals surface area contributed by atoms with Gasteiger partial charge >= 0.3 is 0 Å². The summed E-state index contributed by atoms with van der Waals surface area (Å²) < 4.78 is 5.14. The highest BCUT2D eigenvalue weighted by Gasteiger charge is 2.06. The van der Waals surface area contributed by atoms with Crippen molar-refractivity contribution in [3.05, 3.63) is 40.2 Å². The number of rotatable bonds is 5. The first-order chi connectivity index (χ1) is 8.25. The van der Waals surface area contributed by atoms with Gasteiger partial charge in [0.15, 0.2) is 6.39 Å². The average molecular weight is 250 g/mol. The van der Waals surface area contributed by atoms with Gasteiger partial charge in [0.2, 0.25) is 5.91 Å². The molecule has 2 rings (SSSR count). The van der Waals surface area contributed by atoms with E-state index in [0.29, 0.717) is 13.0 Å². The second-order valence-corrected chi connectivity index (χ2v) is 4.75. The molecule has 2 aromatic rings. The molecule has 0 spiro atoms. The Morgan fingerprint density at radius 1 is 1.59 bits per heavy atom. The number of carbonyl (C=O) groups is 1. The second kappa shape index (κ2) is 5.63. The van der Waals surface area contributed by atoms with Gasteiger partial charge in [0.25, 0.3) is 0 Å². The molecule has 0 saturated carbocycles. The molecular formula is C12H14N2O2S. The molecule has 0 unspecified atom stereocenters. The molecule has 0 radical (unpaired) electrons. The average Bonchev–Trinajstić information content (AvgIpc) is 2.95. The van der Waals surface area contributed by atoms with Crippen LogP contribution in [0.3, 0.4) is 0 Å². The molecule has 5 heteroatoms. The second-order valence-electron chi connectivity index (χ2n) is 3.72. The predicted molar refractivity (Wildman–Crippen MR) is 65.7 cm³/mol. The zero-order chi connectivity index (χ0) is 12.1. The summed E-state index contributed by atoms with van der Waals surface area (Å²) in [5.41, 5.74) is 0.823. The minimum atomic E-state index is 0.0363. The zero-order valence-corrected chi connectivity index (χ0v) is 10.4. The molecule has 0 aliphatic carbocycles. The van der Waals surface area contributed by atoms with E-state index in [1.807, 2.05) is 24.4 Å². The zero-order valence-electron chi connectivity index (χ0n) is 9.60. The normalized spacial score (nSPS) is 10.4. The highest BCUT2D eigenvalue weighted by Crippen LogP contribution is 2.10. The fourth-order valence-electron chi connectivity index (χ4n) is 1.45. The number of amides is 1. The summed E-state index contributed by atoms with van der Waals surface area (Å²) in [6.45, 7) is 2.27. The molecule has 90 valence electrons. The van der Waals surface area contributed by atoms with Crippen LogP contribution in [0.1, 0.15) is 22.8 Å². The smallest absolute Gasteiger partial charge is 0.220 e. The van der Waals surface area contributed by atoms with E-state index in [1.54, 1.807) is 11.3 Å². The SMILES string of the molecule is Cc1ncoc1CNC(=O)CCc1cccs1. The Morgan fingerprint density at radius 2 is 2.47 bits per heavy atom. The van der Waals surface area contributed by atoms with E-state index in [-0.39, 0.29) is 5.91 Å². The third-order valence-corrected chi connectivity index (χ3v) is 3.41. The molecule has 2 aromatic heterocycles. The molecule has 0 aliphatic heterocycles. The summed E-state index contributed by atoms with van der Waals surface area (Å²) in [5.74, 6) is 0.753. The highest BCUT2D eigenvalue weighted by atomic mass is 32.1. The number of hydrogen-bond donors (Lipinski definition) is 1. The molecule has 0 aromatic carbocycles. The third kappa shape index (κ3) is 3.42. The Kier molecular flexibility index (Phi) is 3.93. The van der Waals surface area contributed by atoms with Gasteiger partial charge in [-0.2, -0.15) is 0 Å². The van der Waals surface area contributed by atoms with Crippen molar-refractivity contribution in [2.24, 2.45) is 0 Å².